The molecule has 0 spiro atoms. The molecule has 5 heteroatoms. The number of carboxylic acids is 1. The van der Waals surface area contributed by atoms with E-state index in [9.17, 15) is 9.59 Å². The van der Waals surface area contributed by atoms with Gasteiger partial charge in [0.25, 0.3) is 0 Å². The summed E-state index contributed by atoms with van der Waals surface area (Å²) >= 11 is 0. The zero-order valence-corrected chi connectivity index (χ0v) is 11.2. The Balaban J connectivity index is 1.51. The van der Waals surface area contributed by atoms with Gasteiger partial charge in [0, 0.05) is 6.04 Å². The molecule has 1 atom stereocenters. The largest absolute Gasteiger partial charge is 0.480 e. The first kappa shape index (κ1) is 12.9. The van der Waals surface area contributed by atoms with Gasteiger partial charge in [-0.05, 0) is 56.9 Å². The fourth-order valence-electron chi connectivity index (χ4n) is 3.24. The van der Waals surface area contributed by atoms with E-state index in [0.717, 1.165) is 13.0 Å². The van der Waals surface area contributed by atoms with Crippen LogP contribution in [0.1, 0.15) is 38.5 Å². The van der Waals surface area contributed by atoms with Crippen molar-refractivity contribution in [3.8, 4) is 0 Å². The molecule has 1 amide bonds. The topological polar surface area (TPSA) is 69.6 Å². The lowest BCUT2D eigenvalue weighted by Gasteiger charge is -2.23. The van der Waals surface area contributed by atoms with Gasteiger partial charge in [-0.2, -0.15) is 0 Å². The number of hydrogen-bond donors (Lipinski definition) is 2. The normalized spacial score (nSPS) is 27.7. The minimum Gasteiger partial charge on any atom is -0.480 e. The number of nitrogens with one attached hydrogen (secondary N) is 1. The molecule has 1 saturated heterocycles. The predicted molar refractivity (Wildman–Crippen MR) is 69.6 cm³/mol. The summed E-state index contributed by atoms with van der Waals surface area (Å²) < 4.78 is 0. The molecule has 2 saturated carbocycles. The van der Waals surface area contributed by atoms with Crippen LogP contribution in [0.25, 0.3) is 0 Å². The van der Waals surface area contributed by atoms with Gasteiger partial charge in [0.1, 0.15) is 6.04 Å². The number of amides is 1. The molecule has 0 radical (unpaired) electrons. The first-order chi connectivity index (χ1) is 9.15. The molecule has 0 bridgehead atoms. The van der Waals surface area contributed by atoms with E-state index in [1.165, 1.54) is 25.7 Å². The van der Waals surface area contributed by atoms with E-state index in [2.05, 4.69) is 5.32 Å². The summed E-state index contributed by atoms with van der Waals surface area (Å²) in [6.07, 6.45) is 6.49. The Morgan fingerprint density at radius 3 is 2.32 bits per heavy atom. The molecule has 1 heterocycles. The highest BCUT2D eigenvalue weighted by atomic mass is 16.4. The van der Waals surface area contributed by atoms with Crippen molar-refractivity contribution in [3.05, 3.63) is 0 Å². The maximum absolute atomic E-state index is 12.1. The van der Waals surface area contributed by atoms with Gasteiger partial charge in [0.15, 0.2) is 0 Å². The lowest BCUT2D eigenvalue weighted by Crippen LogP contribution is -2.46. The lowest BCUT2D eigenvalue weighted by molar-refractivity contribution is -0.142. The van der Waals surface area contributed by atoms with Crippen molar-refractivity contribution >= 4 is 11.9 Å². The third-order valence-electron chi connectivity index (χ3n) is 4.58. The number of aliphatic carboxylic acids is 1. The van der Waals surface area contributed by atoms with E-state index < -0.39 is 12.0 Å². The van der Waals surface area contributed by atoms with Crippen molar-refractivity contribution < 1.29 is 14.7 Å². The molecule has 2 N–H and O–H groups in total. The summed E-state index contributed by atoms with van der Waals surface area (Å²) in [5, 5.41) is 12.3. The molecule has 1 aliphatic heterocycles. The summed E-state index contributed by atoms with van der Waals surface area (Å²) in [5.74, 6) is 0.582. The molecule has 2 aliphatic carbocycles. The molecule has 0 aromatic rings. The average molecular weight is 266 g/mol. The van der Waals surface area contributed by atoms with Crippen molar-refractivity contribution in [2.45, 2.75) is 50.6 Å². The van der Waals surface area contributed by atoms with Crippen LogP contribution in [0, 0.1) is 11.8 Å². The third kappa shape index (κ3) is 3.08. The number of hydrogen-bond acceptors (Lipinski definition) is 3. The number of carboxylic acid groups (broad SMARTS) is 1. The van der Waals surface area contributed by atoms with Gasteiger partial charge in [-0.3, -0.25) is 14.5 Å². The molecule has 5 nitrogen and oxygen atoms in total. The highest BCUT2D eigenvalue weighted by Gasteiger charge is 2.42. The van der Waals surface area contributed by atoms with Gasteiger partial charge >= 0.3 is 5.97 Å². The van der Waals surface area contributed by atoms with E-state index in [4.69, 9.17) is 5.11 Å². The first-order valence-electron chi connectivity index (χ1n) is 7.41. The van der Waals surface area contributed by atoms with E-state index in [0.29, 0.717) is 24.3 Å². The van der Waals surface area contributed by atoms with Crippen molar-refractivity contribution in [1.82, 2.24) is 10.2 Å². The van der Waals surface area contributed by atoms with Crippen LogP contribution in [0.15, 0.2) is 0 Å². The van der Waals surface area contributed by atoms with Crippen LogP contribution in [0.2, 0.25) is 0 Å². The second-order valence-electron chi connectivity index (χ2n) is 6.23. The molecule has 3 fully saturated rings. The smallest absolute Gasteiger partial charge is 0.320 e. The monoisotopic (exact) mass is 266 g/mol. The van der Waals surface area contributed by atoms with Crippen molar-refractivity contribution in [3.63, 3.8) is 0 Å². The van der Waals surface area contributed by atoms with Gasteiger partial charge in [-0.25, -0.2) is 0 Å². The summed E-state index contributed by atoms with van der Waals surface area (Å²) in [4.78, 5) is 25.0. The number of carbonyl (C=O) groups excluding carboxylic acids is 1. The van der Waals surface area contributed by atoms with Crippen LogP contribution in [0.4, 0.5) is 0 Å². The quantitative estimate of drug-likeness (QED) is 0.747. The molecule has 3 aliphatic rings. The van der Waals surface area contributed by atoms with Gasteiger partial charge in [0.05, 0.1) is 6.54 Å². The maximum atomic E-state index is 12.1. The number of likely N-dealkylation sites (tertiary alicyclic amines) is 1. The van der Waals surface area contributed by atoms with Crippen molar-refractivity contribution in [2.75, 3.05) is 13.1 Å². The highest BCUT2D eigenvalue weighted by molar-refractivity contribution is 5.80. The lowest BCUT2D eigenvalue weighted by atomic mass is 10.1. The Morgan fingerprint density at radius 1 is 1.16 bits per heavy atom. The van der Waals surface area contributed by atoms with Gasteiger partial charge in [0.2, 0.25) is 5.91 Å². The second-order valence-corrected chi connectivity index (χ2v) is 6.23. The predicted octanol–water partition coefficient (Wildman–Crippen LogP) is 0.840. The van der Waals surface area contributed by atoms with Crippen molar-refractivity contribution in [2.24, 2.45) is 11.8 Å². The van der Waals surface area contributed by atoms with E-state index >= 15 is 0 Å². The minimum absolute atomic E-state index is 0.0111. The van der Waals surface area contributed by atoms with E-state index in [-0.39, 0.29) is 12.5 Å². The summed E-state index contributed by atoms with van der Waals surface area (Å²) in [7, 11) is 0. The van der Waals surface area contributed by atoms with Crippen LogP contribution >= 0.6 is 0 Å². The Bertz CT molecular complexity index is 365. The Kier molecular flexibility index (Phi) is 3.48. The number of carbonyl (C=O) groups is 2. The van der Waals surface area contributed by atoms with Crippen LogP contribution in [-0.2, 0) is 9.59 Å². The zero-order valence-electron chi connectivity index (χ0n) is 11.2. The number of rotatable bonds is 6. The average Bonchev–Trinajstić information content (AvgIpc) is 3.26. The van der Waals surface area contributed by atoms with Crippen LogP contribution in [-0.4, -0.2) is 47.1 Å². The molecule has 19 heavy (non-hydrogen) atoms. The standard InChI is InChI=1S/C14H22N2O3/c17-12(8-16-7-1-2-11(16)14(18)19)15-13(9-3-4-9)10-5-6-10/h9-11,13H,1-8H2,(H,15,17)(H,18,19)/t11-/m0/s1. The van der Waals surface area contributed by atoms with Gasteiger partial charge < -0.3 is 10.4 Å². The molecule has 0 aromatic heterocycles. The van der Waals surface area contributed by atoms with E-state index in [1.807, 2.05) is 0 Å². The SMILES string of the molecule is O=C(CN1CCC[C@H]1C(=O)O)NC(C1CC1)C1CC1. The van der Waals surface area contributed by atoms with Crippen molar-refractivity contribution in [1.29, 1.82) is 0 Å². The fourth-order valence-corrected chi connectivity index (χ4v) is 3.24. The van der Waals surface area contributed by atoms with Crippen LogP contribution in [0.5, 0.6) is 0 Å². The van der Waals surface area contributed by atoms with Crippen LogP contribution < -0.4 is 5.32 Å². The first-order valence-corrected chi connectivity index (χ1v) is 7.41. The maximum Gasteiger partial charge on any atom is 0.320 e. The Labute approximate surface area is 113 Å². The van der Waals surface area contributed by atoms with E-state index in [1.54, 1.807) is 4.90 Å². The van der Waals surface area contributed by atoms with Gasteiger partial charge in [-0.1, -0.05) is 0 Å². The third-order valence-corrected chi connectivity index (χ3v) is 4.58. The Morgan fingerprint density at radius 2 is 1.79 bits per heavy atom. The number of nitrogens with zero attached hydrogens (tertiary/aromatic N) is 1. The molecule has 0 aromatic carbocycles. The summed E-state index contributed by atoms with van der Waals surface area (Å²) in [6.45, 7) is 0.967. The summed E-state index contributed by atoms with van der Waals surface area (Å²) in [5.41, 5.74) is 0. The Hall–Kier alpha value is -1.10. The van der Waals surface area contributed by atoms with Gasteiger partial charge in [-0.15, -0.1) is 0 Å². The fraction of sp³-hybridized carbons (Fsp3) is 0.857. The molecule has 3 rings (SSSR count). The second kappa shape index (κ2) is 5.12. The molecular weight excluding hydrogens is 244 g/mol. The molecular formula is C14H22N2O3. The summed E-state index contributed by atoms with van der Waals surface area (Å²) in [6, 6.07) is -0.107. The zero-order chi connectivity index (χ0) is 13.4. The van der Waals surface area contributed by atoms with Crippen LogP contribution in [0.3, 0.4) is 0 Å². The highest BCUT2D eigenvalue weighted by Crippen LogP contribution is 2.44. The minimum atomic E-state index is -0.800. The molecule has 0 unspecified atom stereocenters. The molecule has 106 valence electrons.